The third-order valence-electron chi connectivity index (χ3n) is 11.1. The Morgan fingerprint density at radius 1 is 0.606 bits per heavy atom. The van der Waals surface area contributed by atoms with Crippen LogP contribution in [0.1, 0.15) is 81.0 Å². The zero-order valence-electron chi connectivity index (χ0n) is 38.3. The summed E-state index contributed by atoms with van der Waals surface area (Å²) in [5.41, 5.74) is 4.17. The maximum Gasteiger partial charge on any atom is 0.411 e. The molecule has 0 saturated carbocycles. The second-order valence-electron chi connectivity index (χ2n) is 15.8. The summed E-state index contributed by atoms with van der Waals surface area (Å²) in [5, 5.41) is 23.3. The van der Waals surface area contributed by atoms with E-state index >= 15 is 0 Å². The van der Waals surface area contributed by atoms with Gasteiger partial charge in [-0.15, -0.1) is 4.91 Å². The van der Waals surface area contributed by atoms with Crippen molar-refractivity contribution in [2.24, 2.45) is 5.18 Å². The van der Waals surface area contributed by atoms with Gasteiger partial charge in [-0.3, -0.25) is 34.3 Å². The molecule has 0 radical (unpaired) electrons. The average molecular weight is 1050 g/mol. The summed E-state index contributed by atoms with van der Waals surface area (Å²) in [4.78, 5) is 75.8. The molecule has 0 fully saturated rings. The highest BCUT2D eigenvalue weighted by atomic mass is 35.7. The molecule has 6 aromatic carbocycles. The summed E-state index contributed by atoms with van der Waals surface area (Å²) in [7, 11) is 2.75. The predicted octanol–water partition coefficient (Wildman–Crippen LogP) is 9.48. The number of aliphatic hydroxyl groups excluding tert-OH is 1. The third kappa shape index (κ3) is 12.7. The van der Waals surface area contributed by atoms with Crippen molar-refractivity contribution in [3.63, 3.8) is 0 Å². The molecule has 2 aliphatic rings. The van der Waals surface area contributed by atoms with Crippen molar-refractivity contribution in [3.05, 3.63) is 136 Å². The lowest BCUT2D eigenvalue weighted by atomic mass is 9.93. The number of nitroso groups, excluding NO2 is 1. The van der Waals surface area contributed by atoms with Crippen molar-refractivity contribution in [3.8, 4) is 0 Å². The molecule has 372 valence electrons. The van der Waals surface area contributed by atoms with Gasteiger partial charge in [-0.2, -0.15) is 0 Å². The maximum atomic E-state index is 13.0. The Kier molecular flexibility index (Phi) is 17.9. The lowest BCUT2D eigenvalue weighted by molar-refractivity contribution is 0.0593. The van der Waals surface area contributed by atoms with Crippen LogP contribution in [0.15, 0.2) is 124 Å². The molecule has 0 spiro atoms. The Morgan fingerprint density at radius 2 is 1.03 bits per heavy atom. The van der Waals surface area contributed by atoms with Gasteiger partial charge in [-0.1, -0.05) is 51.0 Å². The summed E-state index contributed by atoms with van der Waals surface area (Å²) in [6.07, 6.45) is 2.65. The molecule has 71 heavy (non-hydrogen) atoms. The fraction of sp³-hybridized carbons (Fsp3) is 0.245. The number of nitrogens with one attached hydrogen (secondary N) is 3. The summed E-state index contributed by atoms with van der Waals surface area (Å²) in [6, 6.07) is 28.3. The Balaban J connectivity index is 0.000000200. The van der Waals surface area contributed by atoms with Gasteiger partial charge in [0.1, 0.15) is 12.3 Å². The molecule has 2 heterocycles. The number of unbranched alkanes of at least 4 members (excludes halogenated alkanes) is 2. The van der Waals surface area contributed by atoms with Crippen molar-refractivity contribution in [1.29, 1.82) is 0 Å². The molecule has 6 aromatic rings. The van der Waals surface area contributed by atoms with Crippen molar-refractivity contribution < 1.29 is 50.7 Å². The minimum atomic E-state index is -3.84. The molecular formula is C49H48Cl2N6O12S2. The Morgan fingerprint density at radius 3 is 1.44 bits per heavy atom. The summed E-state index contributed by atoms with van der Waals surface area (Å²) in [5.74, 6) is -1.03. The van der Waals surface area contributed by atoms with Gasteiger partial charge in [0.25, 0.3) is 41.7 Å². The predicted molar refractivity (Wildman–Crippen MR) is 272 cm³/mol. The molecule has 0 atom stereocenters. The maximum absolute atomic E-state index is 13.0. The molecule has 0 aromatic heterocycles. The number of anilines is 3. The van der Waals surface area contributed by atoms with Gasteiger partial charge in [-0.25, -0.2) is 21.6 Å². The number of imide groups is 2. The quantitative estimate of drug-likeness (QED) is 0.0287. The third-order valence-corrected chi connectivity index (χ3v) is 13.9. The van der Waals surface area contributed by atoms with E-state index in [9.17, 15) is 45.7 Å². The minimum absolute atomic E-state index is 0.0194. The highest BCUT2D eigenvalue weighted by Gasteiger charge is 2.34. The zero-order chi connectivity index (χ0) is 51.5. The van der Waals surface area contributed by atoms with Crippen LogP contribution < -0.4 is 16.0 Å². The first-order valence-electron chi connectivity index (χ1n) is 22.2. The Bertz CT molecular complexity index is 3190. The first kappa shape index (κ1) is 53.4. The van der Waals surface area contributed by atoms with E-state index in [0.717, 1.165) is 42.1 Å². The van der Waals surface area contributed by atoms with Crippen molar-refractivity contribution in [2.75, 3.05) is 55.3 Å². The van der Waals surface area contributed by atoms with Gasteiger partial charge >= 0.3 is 6.09 Å². The summed E-state index contributed by atoms with van der Waals surface area (Å²) in [6.45, 7) is 5.63. The first-order valence-corrected chi connectivity index (χ1v) is 26.8. The zero-order valence-corrected chi connectivity index (χ0v) is 41.5. The number of amides is 5. The van der Waals surface area contributed by atoms with E-state index in [-0.39, 0.29) is 58.9 Å². The topological polar surface area (TPSA) is 255 Å². The van der Waals surface area contributed by atoms with E-state index in [1.807, 2.05) is 38.1 Å². The number of aliphatic hydroxyl groups is 1. The Hall–Kier alpha value is -6.97. The van der Waals surface area contributed by atoms with Gasteiger partial charge in [0.2, 0.25) is 0 Å². The van der Waals surface area contributed by atoms with Gasteiger partial charge in [0.15, 0.2) is 0 Å². The number of hydrogen-bond donors (Lipinski definition) is 4. The number of carbonyl (C=O) groups excluding carboxylic acids is 5. The number of carbonyl (C=O) groups is 5. The van der Waals surface area contributed by atoms with E-state index in [1.54, 1.807) is 36.4 Å². The van der Waals surface area contributed by atoms with Crippen LogP contribution in [0.4, 0.5) is 27.5 Å². The van der Waals surface area contributed by atoms with Crippen LogP contribution in [-0.4, -0.2) is 101 Å². The molecule has 0 bridgehead atoms. The van der Waals surface area contributed by atoms with E-state index in [0.29, 0.717) is 64.0 Å². The van der Waals surface area contributed by atoms with Gasteiger partial charge in [-0.05, 0) is 103 Å². The van der Waals surface area contributed by atoms with Gasteiger partial charge in [0, 0.05) is 108 Å². The molecular weight excluding hydrogens is 1000 g/mol. The van der Waals surface area contributed by atoms with Crippen molar-refractivity contribution >= 4 is 113 Å². The second kappa shape index (κ2) is 23.8. The van der Waals surface area contributed by atoms with Crippen LogP contribution >= 0.6 is 21.4 Å². The van der Waals surface area contributed by atoms with E-state index in [4.69, 9.17) is 31.2 Å². The number of rotatable bonds is 17. The minimum Gasteiger partial charge on any atom is -0.447 e. The average Bonchev–Trinajstić information content (AvgIpc) is 3.35. The van der Waals surface area contributed by atoms with Crippen molar-refractivity contribution in [2.45, 2.75) is 49.3 Å². The number of hydrogen-bond acceptors (Lipinski definition) is 15. The van der Waals surface area contributed by atoms with Crippen LogP contribution in [0, 0.1) is 4.91 Å². The Labute approximate surface area is 418 Å². The standard InChI is InChI=1S/C25H24ClN3O6S.C18H20N2O3.C6H4ClNO3S/c1-2-3-14-29-23(30)19-6-4-5-18-21(12-11-20(22(18)19)24(29)31)27-13-15-35-25(32)28-16-7-9-17(10-8-16)36(26,33)34;1-2-3-10-20-17(22)13-6-4-5-12-15(19-9-11-21)8-7-14(16(12)13)18(20)23;7-12(10,11)6-3-1-5(8-9)2-4-6/h4-12,27H,2-3,13-15H2,1H3,(H,28,32);4-8,19,21H,2-3,9-11H2,1H3;1-4H. The molecule has 2 aliphatic heterocycles. The fourth-order valence-corrected chi connectivity index (χ4v) is 9.22. The van der Waals surface area contributed by atoms with Gasteiger partial charge in [0.05, 0.1) is 16.4 Å². The molecule has 4 N–H and O–H groups in total. The molecule has 0 unspecified atom stereocenters. The monoisotopic (exact) mass is 1050 g/mol. The van der Waals surface area contributed by atoms with E-state index < -0.39 is 24.2 Å². The lowest BCUT2D eigenvalue weighted by Crippen LogP contribution is -2.40. The van der Waals surface area contributed by atoms with E-state index in [1.165, 1.54) is 58.3 Å². The summed E-state index contributed by atoms with van der Waals surface area (Å²) >= 11 is 0. The molecule has 0 aliphatic carbocycles. The smallest absolute Gasteiger partial charge is 0.411 e. The molecule has 5 amide bonds. The van der Waals surface area contributed by atoms with E-state index in [2.05, 4.69) is 21.1 Å². The first-order chi connectivity index (χ1) is 33.9. The number of ether oxygens (including phenoxy) is 1. The van der Waals surface area contributed by atoms with Crippen molar-refractivity contribution in [1.82, 2.24) is 9.80 Å². The van der Waals surface area contributed by atoms with Gasteiger partial charge < -0.3 is 20.5 Å². The molecule has 8 rings (SSSR count). The molecule has 0 saturated heterocycles. The highest BCUT2D eigenvalue weighted by Crippen LogP contribution is 2.36. The van der Waals surface area contributed by atoms with Crippen LogP contribution in [0.2, 0.25) is 0 Å². The van der Waals surface area contributed by atoms with Crippen LogP contribution in [0.3, 0.4) is 0 Å². The largest absolute Gasteiger partial charge is 0.447 e. The number of nitrogens with zero attached hydrogens (tertiary/aromatic N) is 3. The van der Waals surface area contributed by atoms with Crippen LogP contribution in [0.5, 0.6) is 0 Å². The second-order valence-corrected chi connectivity index (χ2v) is 21.0. The highest BCUT2D eigenvalue weighted by molar-refractivity contribution is 8.14. The number of benzene rings is 6. The molecule has 22 heteroatoms. The lowest BCUT2D eigenvalue weighted by Gasteiger charge is -2.27. The normalized spacial score (nSPS) is 13.0. The number of halogens is 2. The van der Waals surface area contributed by atoms with Crippen LogP contribution in [0.25, 0.3) is 21.5 Å². The molecule has 18 nitrogen and oxygen atoms in total. The summed E-state index contributed by atoms with van der Waals surface area (Å²) < 4.78 is 49.1. The van der Waals surface area contributed by atoms with Crippen LogP contribution in [-0.2, 0) is 22.8 Å². The fourth-order valence-electron chi connectivity index (χ4n) is 7.68. The SMILES string of the molecule is CCCCN1C(=O)c2cccc3c(NCCO)ccc(c23)C1=O.CCCCN1C(=O)c2cccc3c(NCCOC(=O)Nc4ccc(S(=O)(=O)Cl)cc4)ccc(c23)C1=O.O=Nc1ccc(S(=O)(=O)Cl)cc1.